The largest absolute Gasteiger partial charge is 0.360 e. The van der Waals surface area contributed by atoms with Crippen molar-refractivity contribution in [3.8, 4) is 5.95 Å². The molecule has 3 rings (SSSR count). The lowest BCUT2D eigenvalue weighted by molar-refractivity contribution is -0.117. The summed E-state index contributed by atoms with van der Waals surface area (Å²) >= 11 is 5.94. The van der Waals surface area contributed by atoms with Gasteiger partial charge in [-0.1, -0.05) is 11.6 Å². The molecule has 3 aromatic rings. The van der Waals surface area contributed by atoms with E-state index in [1.165, 1.54) is 6.92 Å². The molecule has 2 N–H and O–H groups in total. The van der Waals surface area contributed by atoms with E-state index in [4.69, 9.17) is 11.6 Å². The van der Waals surface area contributed by atoms with Gasteiger partial charge < -0.3 is 10.6 Å². The molecule has 0 aliphatic carbocycles. The molecular formula is C19H21ClN6O. The number of nitrogens with one attached hydrogen (secondary N) is 2. The fourth-order valence-electron chi connectivity index (χ4n) is 2.50. The van der Waals surface area contributed by atoms with Crippen LogP contribution in [0, 0.1) is 13.8 Å². The van der Waals surface area contributed by atoms with Gasteiger partial charge in [-0.05, 0) is 58.0 Å². The quantitative estimate of drug-likeness (QED) is 0.666. The summed E-state index contributed by atoms with van der Waals surface area (Å²) in [6.07, 6.45) is 0. The first-order valence-electron chi connectivity index (χ1n) is 8.54. The molecule has 0 aliphatic heterocycles. The molecule has 0 bridgehead atoms. The van der Waals surface area contributed by atoms with Crippen LogP contribution in [0.15, 0.2) is 36.4 Å². The predicted molar refractivity (Wildman–Crippen MR) is 107 cm³/mol. The van der Waals surface area contributed by atoms with Crippen LogP contribution in [0.2, 0.25) is 5.02 Å². The Kier molecular flexibility index (Phi) is 5.41. The summed E-state index contributed by atoms with van der Waals surface area (Å²) in [7, 11) is 0. The monoisotopic (exact) mass is 384 g/mol. The first-order chi connectivity index (χ1) is 12.8. The third kappa shape index (κ3) is 4.62. The van der Waals surface area contributed by atoms with E-state index in [0.29, 0.717) is 22.6 Å². The molecule has 0 fully saturated rings. The maximum Gasteiger partial charge on any atom is 0.254 e. The third-order valence-corrected chi connectivity index (χ3v) is 4.26. The van der Waals surface area contributed by atoms with Gasteiger partial charge in [-0.25, -0.2) is 4.68 Å². The standard InChI is InChI=1S/C19H21ClN6O/c1-11-9-12(2)26(25-11)19-23-17(21-13(3)14(4)27)10-18(24-19)22-16-7-5-15(20)6-8-16/h5-10,13H,1-4H3,(H2,21,22,23,24)/t13-/m1/s1. The Morgan fingerprint density at radius 1 is 1.11 bits per heavy atom. The smallest absolute Gasteiger partial charge is 0.254 e. The minimum absolute atomic E-state index is 0.0217. The normalized spacial score (nSPS) is 11.9. The third-order valence-electron chi connectivity index (χ3n) is 4.00. The topological polar surface area (TPSA) is 84.7 Å². The number of benzene rings is 1. The lowest BCUT2D eigenvalue weighted by atomic mass is 10.2. The van der Waals surface area contributed by atoms with Crippen molar-refractivity contribution in [2.75, 3.05) is 10.6 Å². The second kappa shape index (κ2) is 7.75. The molecule has 0 amide bonds. The SMILES string of the molecule is CC(=O)[C@@H](C)Nc1cc(Nc2ccc(Cl)cc2)nc(-n2nc(C)cc2C)n1. The average Bonchev–Trinajstić information content (AvgIpc) is 2.95. The molecule has 0 saturated heterocycles. The second-order valence-electron chi connectivity index (χ2n) is 6.39. The molecule has 0 unspecified atom stereocenters. The number of aryl methyl sites for hydroxylation is 2. The molecule has 8 heteroatoms. The fourth-order valence-corrected chi connectivity index (χ4v) is 2.63. The van der Waals surface area contributed by atoms with Crippen molar-refractivity contribution in [3.63, 3.8) is 0 Å². The number of ketones is 1. The molecule has 2 heterocycles. The van der Waals surface area contributed by atoms with Gasteiger partial charge in [0.2, 0.25) is 0 Å². The molecule has 0 aliphatic rings. The average molecular weight is 385 g/mol. The summed E-state index contributed by atoms with van der Waals surface area (Å²) < 4.78 is 1.67. The van der Waals surface area contributed by atoms with Crippen LogP contribution >= 0.6 is 11.6 Å². The molecule has 7 nitrogen and oxygen atoms in total. The van der Waals surface area contributed by atoms with Crippen molar-refractivity contribution < 1.29 is 4.79 Å². The Morgan fingerprint density at radius 2 is 1.78 bits per heavy atom. The van der Waals surface area contributed by atoms with Crippen LogP contribution in [0.4, 0.5) is 17.3 Å². The highest BCUT2D eigenvalue weighted by Gasteiger charge is 2.14. The van der Waals surface area contributed by atoms with Gasteiger partial charge in [0.05, 0.1) is 11.7 Å². The maximum atomic E-state index is 11.6. The Morgan fingerprint density at radius 3 is 2.37 bits per heavy atom. The molecule has 140 valence electrons. The lowest BCUT2D eigenvalue weighted by Gasteiger charge is -2.15. The van der Waals surface area contributed by atoms with Gasteiger partial charge in [0.25, 0.3) is 5.95 Å². The van der Waals surface area contributed by atoms with E-state index >= 15 is 0 Å². The van der Waals surface area contributed by atoms with Crippen LogP contribution in [0.5, 0.6) is 0 Å². The number of anilines is 3. The van der Waals surface area contributed by atoms with Crippen molar-refractivity contribution in [3.05, 3.63) is 52.8 Å². The number of carbonyl (C=O) groups excluding carboxylic acids is 1. The zero-order chi connectivity index (χ0) is 19.6. The Balaban J connectivity index is 2.00. The first-order valence-corrected chi connectivity index (χ1v) is 8.92. The Hall–Kier alpha value is -2.93. The van der Waals surface area contributed by atoms with E-state index in [0.717, 1.165) is 17.1 Å². The number of nitrogens with zero attached hydrogens (tertiary/aromatic N) is 4. The van der Waals surface area contributed by atoms with Gasteiger partial charge in [0.15, 0.2) is 5.78 Å². The summed E-state index contributed by atoms with van der Waals surface area (Å²) in [5.41, 5.74) is 2.63. The molecule has 2 aromatic heterocycles. The van der Waals surface area contributed by atoms with Gasteiger partial charge in [0.1, 0.15) is 11.6 Å². The number of Topliss-reactive ketones (excluding diaryl/α,β-unsaturated/α-hetero) is 1. The zero-order valence-electron chi connectivity index (χ0n) is 15.6. The van der Waals surface area contributed by atoms with Gasteiger partial charge in [-0.15, -0.1) is 0 Å². The number of rotatable bonds is 6. The molecular weight excluding hydrogens is 364 g/mol. The number of halogens is 1. The van der Waals surface area contributed by atoms with Crippen molar-refractivity contribution in [1.82, 2.24) is 19.7 Å². The van der Waals surface area contributed by atoms with Crippen LogP contribution in [0.1, 0.15) is 25.2 Å². The van der Waals surface area contributed by atoms with Crippen molar-refractivity contribution in [2.45, 2.75) is 33.7 Å². The summed E-state index contributed by atoms with van der Waals surface area (Å²) in [5, 5.41) is 11.4. The fraction of sp³-hybridized carbons (Fsp3) is 0.263. The molecule has 27 heavy (non-hydrogen) atoms. The van der Waals surface area contributed by atoms with Gasteiger partial charge in [0, 0.05) is 22.5 Å². The zero-order valence-corrected chi connectivity index (χ0v) is 16.4. The Labute approximate surface area is 162 Å². The Bertz CT molecular complexity index is 967. The van der Waals surface area contributed by atoms with Crippen molar-refractivity contribution >= 4 is 34.7 Å². The molecule has 0 radical (unpaired) electrons. The van der Waals surface area contributed by atoms with E-state index in [9.17, 15) is 4.79 Å². The summed E-state index contributed by atoms with van der Waals surface area (Å²) in [6.45, 7) is 7.18. The highest BCUT2D eigenvalue weighted by Crippen LogP contribution is 2.21. The minimum Gasteiger partial charge on any atom is -0.360 e. The molecule has 1 aromatic carbocycles. The van der Waals surface area contributed by atoms with Crippen LogP contribution in [-0.4, -0.2) is 31.6 Å². The molecule has 0 spiro atoms. The van der Waals surface area contributed by atoms with Gasteiger partial charge in [-0.3, -0.25) is 4.79 Å². The molecule has 1 atom stereocenters. The van der Waals surface area contributed by atoms with Crippen LogP contribution in [-0.2, 0) is 4.79 Å². The first kappa shape index (κ1) is 18.8. The van der Waals surface area contributed by atoms with Crippen molar-refractivity contribution in [2.24, 2.45) is 0 Å². The van der Waals surface area contributed by atoms with E-state index < -0.39 is 0 Å². The lowest BCUT2D eigenvalue weighted by Crippen LogP contribution is -2.24. The highest BCUT2D eigenvalue weighted by atomic mass is 35.5. The summed E-state index contributed by atoms with van der Waals surface area (Å²) in [6, 6.07) is 10.7. The van der Waals surface area contributed by atoms with Crippen LogP contribution in [0.3, 0.4) is 0 Å². The maximum absolute atomic E-state index is 11.6. The van der Waals surface area contributed by atoms with Crippen molar-refractivity contribution in [1.29, 1.82) is 0 Å². The number of carbonyl (C=O) groups is 1. The van der Waals surface area contributed by atoms with E-state index in [-0.39, 0.29) is 11.8 Å². The number of hydrogen-bond donors (Lipinski definition) is 2. The van der Waals surface area contributed by atoms with Gasteiger partial charge >= 0.3 is 0 Å². The van der Waals surface area contributed by atoms with Crippen LogP contribution in [0.25, 0.3) is 5.95 Å². The highest BCUT2D eigenvalue weighted by molar-refractivity contribution is 6.30. The predicted octanol–water partition coefficient (Wildman–Crippen LogP) is 4.07. The van der Waals surface area contributed by atoms with Gasteiger partial charge in [-0.2, -0.15) is 15.1 Å². The second-order valence-corrected chi connectivity index (χ2v) is 6.82. The van der Waals surface area contributed by atoms with Crippen LogP contribution < -0.4 is 10.6 Å². The molecule has 0 saturated carbocycles. The van der Waals surface area contributed by atoms with E-state index in [1.807, 2.05) is 32.0 Å². The minimum atomic E-state index is -0.364. The number of hydrogen-bond acceptors (Lipinski definition) is 6. The van der Waals surface area contributed by atoms with E-state index in [1.54, 1.807) is 29.8 Å². The summed E-state index contributed by atoms with van der Waals surface area (Å²) in [5.74, 6) is 1.55. The number of aromatic nitrogens is 4. The van der Waals surface area contributed by atoms with E-state index in [2.05, 4.69) is 25.7 Å². The summed E-state index contributed by atoms with van der Waals surface area (Å²) in [4.78, 5) is 20.7.